The number of carbonyl (C=O) groups is 1. The van der Waals surface area contributed by atoms with E-state index in [0.717, 1.165) is 25.3 Å². The van der Waals surface area contributed by atoms with Crippen LogP contribution in [0, 0.1) is 0 Å². The number of para-hydroxylation sites is 1. The average Bonchev–Trinajstić information content (AvgIpc) is 3.07. The largest absolute Gasteiger partial charge is 0.321 e. The standard InChI is InChI=1S/C20H12BrClN2OS/c21-15-6-2-1-5-13(15)19(25)23-16-10-9-12(22)11-14(16)20-24-17-7-3-4-8-18(17)26-20/h1-11H,(H,23,25). The lowest BCUT2D eigenvalue weighted by Gasteiger charge is -2.11. The van der Waals surface area contributed by atoms with Crippen LogP contribution < -0.4 is 5.32 Å². The van der Waals surface area contributed by atoms with Crippen molar-refractivity contribution in [1.82, 2.24) is 4.98 Å². The Morgan fingerprint density at radius 3 is 2.62 bits per heavy atom. The monoisotopic (exact) mass is 442 g/mol. The number of hydrogen-bond donors (Lipinski definition) is 1. The van der Waals surface area contributed by atoms with E-state index in [1.807, 2.05) is 48.5 Å². The predicted molar refractivity (Wildman–Crippen MR) is 112 cm³/mol. The van der Waals surface area contributed by atoms with Crippen molar-refractivity contribution in [3.8, 4) is 10.6 Å². The Labute approximate surface area is 167 Å². The van der Waals surface area contributed by atoms with Crippen molar-refractivity contribution >= 4 is 60.7 Å². The highest BCUT2D eigenvalue weighted by Crippen LogP contribution is 2.36. The lowest BCUT2D eigenvalue weighted by Crippen LogP contribution is -2.13. The summed E-state index contributed by atoms with van der Waals surface area (Å²) in [4.78, 5) is 17.4. The zero-order valence-electron chi connectivity index (χ0n) is 13.4. The highest BCUT2D eigenvalue weighted by Gasteiger charge is 2.15. The molecule has 0 aliphatic carbocycles. The van der Waals surface area contributed by atoms with Crippen molar-refractivity contribution in [2.45, 2.75) is 0 Å². The summed E-state index contributed by atoms with van der Waals surface area (Å²) in [6.07, 6.45) is 0. The van der Waals surface area contributed by atoms with Gasteiger partial charge in [-0.25, -0.2) is 4.98 Å². The van der Waals surface area contributed by atoms with Crippen LogP contribution in [0.5, 0.6) is 0 Å². The minimum atomic E-state index is -0.192. The number of thiazole rings is 1. The quantitative estimate of drug-likeness (QED) is 0.386. The van der Waals surface area contributed by atoms with Crippen LogP contribution in [0.3, 0.4) is 0 Å². The number of halogens is 2. The van der Waals surface area contributed by atoms with Crippen LogP contribution in [0.4, 0.5) is 5.69 Å². The van der Waals surface area contributed by atoms with Crippen molar-refractivity contribution in [3.05, 3.63) is 81.8 Å². The van der Waals surface area contributed by atoms with E-state index in [9.17, 15) is 4.79 Å². The zero-order valence-corrected chi connectivity index (χ0v) is 16.5. The maximum absolute atomic E-state index is 12.7. The highest BCUT2D eigenvalue weighted by atomic mass is 79.9. The van der Waals surface area contributed by atoms with E-state index in [1.165, 1.54) is 0 Å². The summed E-state index contributed by atoms with van der Waals surface area (Å²) in [5.74, 6) is -0.192. The first-order valence-electron chi connectivity index (χ1n) is 7.83. The first-order chi connectivity index (χ1) is 12.6. The molecule has 0 unspecified atom stereocenters. The fraction of sp³-hybridized carbons (Fsp3) is 0. The van der Waals surface area contributed by atoms with Gasteiger partial charge < -0.3 is 5.32 Å². The van der Waals surface area contributed by atoms with Crippen molar-refractivity contribution in [2.75, 3.05) is 5.32 Å². The number of nitrogens with one attached hydrogen (secondary N) is 1. The SMILES string of the molecule is O=C(Nc1ccc(Cl)cc1-c1nc2ccccc2s1)c1ccccc1Br. The van der Waals surface area contributed by atoms with E-state index >= 15 is 0 Å². The van der Waals surface area contributed by atoms with E-state index in [-0.39, 0.29) is 5.91 Å². The van der Waals surface area contributed by atoms with Crippen LogP contribution in [0.15, 0.2) is 71.2 Å². The summed E-state index contributed by atoms with van der Waals surface area (Å²) in [6, 6.07) is 20.6. The lowest BCUT2D eigenvalue weighted by molar-refractivity contribution is 0.102. The minimum absolute atomic E-state index is 0.192. The molecule has 1 N–H and O–H groups in total. The molecule has 3 nitrogen and oxygen atoms in total. The van der Waals surface area contributed by atoms with Crippen molar-refractivity contribution < 1.29 is 4.79 Å². The van der Waals surface area contributed by atoms with Gasteiger partial charge in [-0.2, -0.15) is 0 Å². The van der Waals surface area contributed by atoms with Gasteiger partial charge in [-0.15, -0.1) is 11.3 Å². The van der Waals surface area contributed by atoms with E-state index < -0.39 is 0 Å². The molecule has 4 aromatic rings. The molecule has 0 atom stereocenters. The Morgan fingerprint density at radius 1 is 1.04 bits per heavy atom. The van der Waals surface area contributed by atoms with Gasteiger partial charge >= 0.3 is 0 Å². The normalized spacial score (nSPS) is 10.8. The first-order valence-corrected chi connectivity index (χ1v) is 9.82. The fourth-order valence-corrected chi connectivity index (χ4v) is 4.26. The fourth-order valence-electron chi connectivity index (χ4n) is 2.62. The van der Waals surface area contributed by atoms with Crippen LogP contribution in [-0.2, 0) is 0 Å². The number of amides is 1. The molecule has 3 aromatic carbocycles. The molecule has 128 valence electrons. The molecule has 26 heavy (non-hydrogen) atoms. The van der Waals surface area contributed by atoms with Gasteiger partial charge in [0.15, 0.2) is 0 Å². The van der Waals surface area contributed by atoms with Gasteiger partial charge in [0, 0.05) is 15.1 Å². The Bertz CT molecular complexity index is 1090. The second-order valence-corrected chi connectivity index (χ2v) is 7.93. The molecule has 6 heteroatoms. The molecule has 0 radical (unpaired) electrons. The molecule has 1 aromatic heterocycles. The van der Waals surface area contributed by atoms with Crippen LogP contribution in [0.1, 0.15) is 10.4 Å². The molecular weight excluding hydrogens is 432 g/mol. The van der Waals surface area contributed by atoms with E-state index in [4.69, 9.17) is 11.6 Å². The number of rotatable bonds is 3. The van der Waals surface area contributed by atoms with Gasteiger partial charge in [-0.1, -0.05) is 35.9 Å². The molecule has 0 spiro atoms. The number of hydrogen-bond acceptors (Lipinski definition) is 3. The third-order valence-corrected chi connectivity index (χ3v) is 5.87. The highest BCUT2D eigenvalue weighted by molar-refractivity contribution is 9.10. The maximum Gasteiger partial charge on any atom is 0.256 e. The molecule has 0 aliphatic heterocycles. The summed E-state index contributed by atoms with van der Waals surface area (Å²) in [5, 5.41) is 4.39. The molecule has 0 saturated carbocycles. The van der Waals surface area contributed by atoms with Gasteiger partial charge in [-0.3, -0.25) is 4.79 Å². The number of nitrogens with zero attached hydrogens (tertiary/aromatic N) is 1. The molecule has 0 fully saturated rings. The van der Waals surface area contributed by atoms with Gasteiger partial charge in [0.2, 0.25) is 0 Å². The van der Waals surface area contributed by atoms with E-state index in [1.54, 1.807) is 29.5 Å². The average molecular weight is 444 g/mol. The first kappa shape index (κ1) is 17.2. The number of benzene rings is 3. The summed E-state index contributed by atoms with van der Waals surface area (Å²) in [5.41, 5.74) is 2.97. The second-order valence-electron chi connectivity index (χ2n) is 5.61. The molecule has 1 amide bonds. The van der Waals surface area contributed by atoms with E-state index in [2.05, 4.69) is 26.2 Å². The zero-order chi connectivity index (χ0) is 18.1. The van der Waals surface area contributed by atoms with Gasteiger partial charge in [-0.05, 0) is 58.4 Å². The van der Waals surface area contributed by atoms with Gasteiger partial charge in [0.05, 0.1) is 21.5 Å². The summed E-state index contributed by atoms with van der Waals surface area (Å²) >= 11 is 11.2. The number of fused-ring (bicyclic) bond motifs is 1. The Kier molecular flexibility index (Phi) is 4.76. The van der Waals surface area contributed by atoms with Gasteiger partial charge in [0.25, 0.3) is 5.91 Å². The number of anilines is 1. The Balaban J connectivity index is 1.75. The number of aromatic nitrogens is 1. The van der Waals surface area contributed by atoms with Crippen molar-refractivity contribution in [1.29, 1.82) is 0 Å². The topological polar surface area (TPSA) is 42.0 Å². The molecule has 0 bridgehead atoms. The van der Waals surface area contributed by atoms with Gasteiger partial charge in [0.1, 0.15) is 5.01 Å². The van der Waals surface area contributed by atoms with Crippen molar-refractivity contribution in [3.63, 3.8) is 0 Å². The smallest absolute Gasteiger partial charge is 0.256 e. The predicted octanol–water partition coefficient (Wildman–Crippen LogP) is 6.63. The molecular formula is C20H12BrClN2OS. The van der Waals surface area contributed by atoms with Crippen LogP contribution in [-0.4, -0.2) is 10.9 Å². The Morgan fingerprint density at radius 2 is 1.81 bits per heavy atom. The van der Waals surface area contributed by atoms with Crippen LogP contribution >= 0.6 is 38.9 Å². The summed E-state index contributed by atoms with van der Waals surface area (Å²) in [7, 11) is 0. The molecule has 0 aliphatic rings. The third kappa shape index (κ3) is 3.38. The van der Waals surface area contributed by atoms with Crippen LogP contribution in [0.25, 0.3) is 20.8 Å². The maximum atomic E-state index is 12.7. The summed E-state index contributed by atoms with van der Waals surface area (Å²) < 4.78 is 1.83. The second kappa shape index (κ2) is 7.19. The number of carbonyl (C=O) groups excluding carboxylic acids is 1. The lowest BCUT2D eigenvalue weighted by atomic mass is 10.1. The third-order valence-electron chi connectivity index (χ3n) is 3.87. The van der Waals surface area contributed by atoms with E-state index in [0.29, 0.717) is 16.3 Å². The summed E-state index contributed by atoms with van der Waals surface area (Å²) in [6.45, 7) is 0. The molecule has 0 saturated heterocycles. The molecule has 4 rings (SSSR count). The Hall–Kier alpha value is -2.21. The van der Waals surface area contributed by atoms with Crippen LogP contribution in [0.2, 0.25) is 5.02 Å². The minimum Gasteiger partial charge on any atom is -0.321 e. The molecule has 1 heterocycles. The van der Waals surface area contributed by atoms with Crippen molar-refractivity contribution in [2.24, 2.45) is 0 Å².